The van der Waals surface area contributed by atoms with Crippen LogP contribution in [0.5, 0.6) is 0 Å². The van der Waals surface area contributed by atoms with Gasteiger partial charge in [0, 0.05) is 4.47 Å². The summed E-state index contributed by atoms with van der Waals surface area (Å²) in [6.07, 6.45) is 0. The van der Waals surface area contributed by atoms with Gasteiger partial charge < -0.3 is 5.32 Å². The molecule has 1 N–H and O–H groups in total. The molecule has 2 rings (SSSR count). The number of halogens is 2. The van der Waals surface area contributed by atoms with Crippen molar-refractivity contribution in [3.8, 4) is 0 Å². The first-order chi connectivity index (χ1) is 9.11. The second-order valence-electron chi connectivity index (χ2n) is 4.57. The van der Waals surface area contributed by atoms with Crippen molar-refractivity contribution in [3.63, 3.8) is 0 Å². The molecule has 0 saturated heterocycles. The second-order valence-corrected chi connectivity index (χ2v) is 5.43. The van der Waals surface area contributed by atoms with Crippen molar-refractivity contribution < 1.29 is 4.39 Å². The summed E-state index contributed by atoms with van der Waals surface area (Å²) in [5, 5.41) is 3.41. The first kappa shape index (κ1) is 14.2. The molecular weight excluding hydrogens is 305 g/mol. The van der Waals surface area contributed by atoms with Gasteiger partial charge in [0.05, 0.1) is 6.04 Å². The third kappa shape index (κ3) is 3.43. The molecule has 0 fully saturated rings. The van der Waals surface area contributed by atoms with E-state index >= 15 is 0 Å². The van der Waals surface area contributed by atoms with Gasteiger partial charge >= 0.3 is 0 Å². The summed E-state index contributed by atoms with van der Waals surface area (Å²) < 4.78 is 14.6. The molecule has 0 radical (unpaired) electrons. The molecule has 2 aromatic rings. The van der Waals surface area contributed by atoms with Gasteiger partial charge in [-0.1, -0.05) is 47.1 Å². The highest BCUT2D eigenvalue weighted by Crippen LogP contribution is 2.29. The van der Waals surface area contributed by atoms with Crippen molar-refractivity contribution in [2.75, 3.05) is 6.54 Å². The maximum atomic E-state index is 13.6. The largest absolute Gasteiger partial charge is 0.306 e. The fourth-order valence-corrected chi connectivity index (χ4v) is 2.77. The first-order valence-corrected chi connectivity index (χ1v) is 7.16. The zero-order chi connectivity index (χ0) is 13.8. The highest BCUT2D eigenvalue weighted by atomic mass is 79.9. The normalized spacial score (nSPS) is 12.4. The van der Waals surface area contributed by atoms with E-state index in [9.17, 15) is 4.39 Å². The van der Waals surface area contributed by atoms with Crippen LogP contribution in [0.2, 0.25) is 0 Å². The molecule has 0 aliphatic heterocycles. The summed E-state index contributed by atoms with van der Waals surface area (Å²) in [5.41, 5.74) is 3.01. The average molecular weight is 322 g/mol. The Bertz CT molecular complexity index is 548. The summed E-state index contributed by atoms with van der Waals surface area (Å²) in [7, 11) is 0. The Morgan fingerprint density at radius 2 is 1.95 bits per heavy atom. The SMILES string of the molecule is CCNC(c1cc(C)cc(F)c1)c1ccccc1Br. The molecule has 0 saturated carbocycles. The standard InChI is InChI=1S/C16H17BrFN/c1-3-19-16(14-6-4-5-7-15(14)17)12-8-11(2)9-13(18)10-12/h4-10,16,19H,3H2,1-2H3. The van der Waals surface area contributed by atoms with Crippen LogP contribution in [0, 0.1) is 12.7 Å². The lowest BCUT2D eigenvalue weighted by molar-refractivity contribution is 0.601. The summed E-state index contributed by atoms with van der Waals surface area (Å²) in [6, 6.07) is 13.2. The molecule has 0 amide bonds. The maximum Gasteiger partial charge on any atom is 0.123 e. The number of hydrogen-bond acceptors (Lipinski definition) is 1. The van der Waals surface area contributed by atoms with Crippen LogP contribution in [0.1, 0.15) is 29.7 Å². The molecule has 1 unspecified atom stereocenters. The zero-order valence-electron chi connectivity index (χ0n) is 11.1. The Balaban J connectivity index is 2.48. The predicted molar refractivity (Wildman–Crippen MR) is 80.8 cm³/mol. The highest BCUT2D eigenvalue weighted by Gasteiger charge is 2.16. The molecule has 0 aromatic heterocycles. The van der Waals surface area contributed by atoms with Crippen LogP contribution >= 0.6 is 15.9 Å². The van der Waals surface area contributed by atoms with Crippen molar-refractivity contribution >= 4 is 15.9 Å². The third-order valence-electron chi connectivity index (χ3n) is 3.02. The minimum atomic E-state index is -0.190. The van der Waals surface area contributed by atoms with Crippen LogP contribution in [-0.4, -0.2) is 6.54 Å². The van der Waals surface area contributed by atoms with E-state index in [1.807, 2.05) is 31.2 Å². The van der Waals surface area contributed by atoms with Gasteiger partial charge in [-0.25, -0.2) is 4.39 Å². The van der Waals surface area contributed by atoms with Crippen LogP contribution in [0.15, 0.2) is 46.9 Å². The Morgan fingerprint density at radius 3 is 2.58 bits per heavy atom. The maximum absolute atomic E-state index is 13.6. The van der Waals surface area contributed by atoms with Gasteiger partial charge in [0.25, 0.3) is 0 Å². The molecule has 0 spiro atoms. The summed E-state index contributed by atoms with van der Waals surface area (Å²) in [4.78, 5) is 0. The van der Waals surface area contributed by atoms with Crippen LogP contribution in [-0.2, 0) is 0 Å². The zero-order valence-corrected chi connectivity index (χ0v) is 12.7. The predicted octanol–water partition coefficient (Wildman–Crippen LogP) is 4.60. The number of nitrogens with one attached hydrogen (secondary N) is 1. The van der Waals surface area contributed by atoms with Crippen LogP contribution in [0.25, 0.3) is 0 Å². The summed E-state index contributed by atoms with van der Waals surface area (Å²) in [5.74, 6) is -0.190. The van der Waals surface area contributed by atoms with Gasteiger partial charge in [-0.05, 0) is 48.4 Å². The lowest BCUT2D eigenvalue weighted by Crippen LogP contribution is -2.22. The third-order valence-corrected chi connectivity index (χ3v) is 3.74. The van der Waals surface area contributed by atoms with E-state index in [1.165, 1.54) is 0 Å². The topological polar surface area (TPSA) is 12.0 Å². The molecule has 3 heteroatoms. The smallest absolute Gasteiger partial charge is 0.123 e. The molecule has 1 nitrogen and oxygen atoms in total. The summed E-state index contributed by atoms with van der Waals surface area (Å²) >= 11 is 3.57. The minimum absolute atomic E-state index is 0.00465. The monoisotopic (exact) mass is 321 g/mol. The highest BCUT2D eigenvalue weighted by molar-refractivity contribution is 9.10. The molecule has 0 aliphatic carbocycles. The first-order valence-electron chi connectivity index (χ1n) is 6.36. The van der Waals surface area contributed by atoms with E-state index in [-0.39, 0.29) is 11.9 Å². The average Bonchev–Trinajstić information content (AvgIpc) is 2.36. The van der Waals surface area contributed by atoms with Gasteiger partial charge in [-0.15, -0.1) is 0 Å². The molecule has 19 heavy (non-hydrogen) atoms. The van der Waals surface area contributed by atoms with Gasteiger partial charge in [-0.3, -0.25) is 0 Å². The van der Waals surface area contributed by atoms with Crippen LogP contribution < -0.4 is 5.32 Å². The van der Waals surface area contributed by atoms with E-state index in [1.54, 1.807) is 12.1 Å². The fraction of sp³-hybridized carbons (Fsp3) is 0.250. The van der Waals surface area contributed by atoms with Gasteiger partial charge in [0.15, 0.2) is 0 Å². The Kier molecular flexibility index (Phi) is 4.72. The minimum Gasteiger partial charge on any atom is -0.306 e. The van der Waals surface area contributed by atoms with E-state index in [2.05, 4.69) is 34.2 Å². The molecule has 2 aromatic carbocycles. The Morgan fingerprint density at radius 1 is 1.21 bits per heavy atom. The van der Waals surface area contributed by atoms with Gasteiger partial charge in [0.2, 0.25) is 0 Å². The molecular formula is C16H17BrFN. The Hall–Kier alpha value is -1.19. The number of benzene rings is 2. The quantitative estimate of drug-likeness (QED) is 0.868. The number of aryl methyl sites for hydroxylation is 1. The molecule has 0 bridgehead atoms. The molecule has 0 aliphatic rings. The van der Waals surface area contributed by atoms with Crippen molar-refractivity contribution in [2.24, 2.45) is 0 Å². The van der Waals surface area contributed by atoms with E-state index < -0.39 is 0 Å². The van der Waals surface area contributed by atoms with Crippen molar-refractivity contribution in [1.82, 2.24) is 5.32 Å². The van der Waals surface area contributed by atoms with E-state index in [0.29, 0.717) is 0 Å². The molecule has 1 atom stereocenters. The van der Waals surface area contributed by atoms with E-state index in [4.69, 9.17) is 0 Å². The molecule has 0 heterocycles. The second kappa shape index (κ2) is 6.31. The van der Waals surface area contributed by atoms with Crippen molar-refractivity contribution in [1.29, 1.82) is 0 Å². The number of rotatable bonds is 4. The van der Waals surface area contributed by atoms with Crippen LogP contribution in [0.3, 0.4) is 0 Å². The lowest BCUT2D eigenvalue weighted by Gasteiger charge is -2.21. The van der Waals surface area contributed by atoms with Crippen molar-refractivity contribution in [2.45, 2.75) is 19.9 Å². The summed E-state index contributed by atoms with van der Waals surface area (Å²) in [6.45, 7) is 4.78. The number of hydrogen-bond donors (Lipinski definition) is 1. The van der Waals surface area contributed by atoms with E-state index in [0.717, 1.165) is 27.7 Å². The Labute approximate surface area is 122 Å². The van der Waals surface area contributed by atoms with Crippen LogP contribution in [0.4, 0.5) is 4.39 Å². The van der Waals surface area contributed by atoms with Crippen molar-refractivity contribution in [3.05, 3.63) is 69.4 Å². The fourth-order valence-electron chi connectivity index (χ4n) is 2.25. The molecule has 100 valence electrons. The van der Waals surface area contributed by atoms with Gasteiger partial charge in [0.1, 0.15) is 5.82 Å². The lowest BCUT2D eigenvalue weighted by atomic mass is 9.97. The van der Waals surface area contributed by atoms with Gasteiger partial charge in [-0.2, -0.15) is 0 Å².